The molecule has 68 valence electrons. The Balaban J connectivity index is 3.90. The van der Waals surface area contributed by atoms with E-state index >= 15 is 0 Å². The van der Waals surface area contributed by atoms with Gasteiger partial charge in [0, 0.05) is 6.54 Å². The summed E-state index contributed by atoms with van der Waals surface area (Å²) in [6.45, 7) is 4.38. The molecule has 0 saturated carbocycles. The number of hydrogen-bond acceptors (Lipinski definition) is 3. The third-order valence-electron chi connectivity index (χ3n) is 1.30. The topological polar surface area (TPSA) is 98.2 Å². The van der Waals surface area contributed by atoms with Crippen molar-refractivity contribution in [2.45, 2.75) is 13.8 Å². The summed E-state index contributed by atoms with van der Waals surface area (Å²) in [4.78, 5) is 0. The lowest BCUT2D eigenvalue weighted by Gasteiger charge is -2.21. The standard InChI is InChI=1S/C5H15N3O2S/c1-5(2,3-6)4-8-11(7,9)10/h8H,3-4,6H2,1-2H3,(H2,7,9,10). The van der Waals surface area contributed by atoms with E-state index in [-0.39, 0.29) is 12.0 Å². The average molecular weight is 181 g/mol. The number of hydrogen-bond donors (Lipinski definition) is 3. The van der Waals surface area contributed by atoms with Crippen LogP contribution in [-0.4, -0.2) is 21.5 Å². The van der Waals surface area contributed by atoms with Gasteiger partial charge in [-0.05, 0) is 12.0 Å². The van der Waals surface area contributed by atoms with Crippen molar-refractivity contribution in [3.05, 3.63) is 0 Å². The maximum absolute atomic E-state index is 10.4. The van der Waals surface area contributed by atoms with E-state index in [9.17, 15) is 8.42 Å². The molecule has 0 amide bonds. The zero-order chi connectivity index (χ0) is 9.12. The Morgan fingerprint density at radius 1 is 1.45 bits per heavy atom. The number of nitrogens with one attached hydrogen (secondary N) is 1. The molecule has 0 radical (unpaired) electrons. The molecular formula is C5H15N3O2S. The summed E-state index contributed by atoms with van der Waals surface area (Å²) in [7, 11) is -3.57. The Hall–Kier alpha value is -0.170. The zero-order valence-electron chi connectivity index (χ0n) is 6.79. The van der Waals surface area contributed by atoms with Crippen molar-refractivity contribution in [1.82, 2.24) is 4.72 Å². The van der Waals surface area contributed by atoms with E-state index in [1.54, 1.807) is 0 Å². The maximum atomic E-state index is 10.4. The molecule has 0 rings (SSSR count). The molecule has 0 bridgehead atoms. The molecule has 5 N–H and O–H groups in total. The minimum Gasteiger partial charge on any atom is -0.330 e. The van der Waals surface area contributed by atoms with Gasteiger partial charge in [0.25, 0.3) is 10.2 Å². The first-order valence-corrected chi connectivity index (χ1v) is 4.79. The second kappa shape index (κ2) is 3.48. The molecular weight excluding hydrogens is 166 g/mol. The van der Waals surface area contributed by atoms with Crippen LogP contribution in [0.15, 0.2) is 0 Å². The van der Waals surface area contributed by atoms with Crippen LogP contribution in [0.5, 0.6) is 0 Å². The normalized spacial score (nSPS) is 13.5. The van der Waals surface area contributed by atoms with Crippen molar-refractivity contribution >= 4 is 10.2 Å². The molecule has 0 aliphatic carbocycles. The monoisotopic (exact) mass is 181 g/mol. The molecule has 0 aliphatic rings. The molecule has 0 unspecified atom stereocenters. The van der Waals surface area contributed by atoms with Gasteiger partial charge < -0.3 is 5.73 Å². The lowest BCUT2D eigenvalue weighted by Crippen LogP contribution is -2.41. The predicted octanol–water partition coefficient (Wildman–Crippen LogP) is -1.24. The number of nitrogens with two attached hydrogens (primary N) is 2. The lowest BCUT2D eigenvalue weighted by atomic mass is 9.95. The fourth-order valence-corrected chi connectivity index (χ4v) is 0.960. The minimum absolute atomic E-state index is 0.244. The van der Waals surface area contributed by atoms with Gasteiger partial charge in [0.15, 0.2) is 0 Å². The molecule has 0 atom stereocenters. The van der Waals surface area contributed by atoms with Crippen molar-refractivity contribution in [2.24, 2.45) is 16.3 Å². The fraction of sp³-hybridized carbons (Fsp3) is 1.00. The molecule has 0 fully saturated rings. The van der Waals surface area contributed by atoms with Gasteiger partial charge in [-0.3, -0.25) is 0 Å². The van der Waals surface area contributed by atoms with Crippen LogP contribution in [0, 0.1) is 5.41 Å². The highest BCUT2D eigenvalue weighted by Crippen LogP contribution is 2.09. The Morgan fingerprint density at radius 2 is 1.91 bits per heavy atom. The van der Waals surface area contributed by atoms with Crippen molar-refractivity contribution < 1.29 is 8.42 Å². The first kappa shape index (κ1) is 10.8. The van der Waals surface area contributed by atoms with Gasteiger partial charge >= 0.3 is 0 Å². The Morgan fingerprint density at radius 3 is 2.18 bits per heavy atom. The second-order valence-electron chi connectivity index (χ2n) is 3.23. The van der Waals surface area contributed by atoms with Crippen molar-refractivity contribution in [3.63, 3.8) is 0 Å². The summed E-state index contributed by atoms with van der Waals surface area (Å²) in [5.74, 6) is 0. The van der Waals surface area contributed by atoms with E-state index in [0.29, 0.717) is 6.54 Å². The van der Waals surface area contributed by atoms with Crippen LogP contribution in [0.1, 0.15) is 13.8 Å². The predicted molar refractivity (Wildman–Crippen MR) is 43.9 cm³/mol. The van der Waals surface area contributed by atoms with Crippen LogP contribution >= 0.6 is 0 Å². The van der Waals surface area contributed by atoms with Crippen LogP contribution in [0.4, 0.5) is 0 Å². The summed E-state index contributed by atoms with van der Waals surface area (Å²) in [5.41, 5.74) is 5.12. The lowest BCUT2D eigenvalue weighted by molar-refractivity contribution is 0.376. The Bertz CT molecular complexity index is 210. The molecule has 0 heterocycles. The number of rotatable bonds is 4. The van der Waals surface area contributed by atoms with Crippen LogP contribution in [0.3, 0.4) is 0 Å². The first-order valence-electron chi connectivity index (χ1n) is 3.24. The van der Waals surface area contributed by atoms with E-state index in [1.807, 2.05) is 13.8 Å². The molecule has 5 nitrogen and oxygen atoms in total. The van der Waals surface area contributed by atoms with Crippen molar-refractivity contribution in [2.75, 3.05) is 13.1 Å². The van der Waals surface area contributed by atoms with Gasteiger partial charge in [-0.15, -0.1) is 0 Å². The summed E-state index contributed by atoms with van der Waals surface area (Å²) >= 11 is 0. The van der Waals surface area contributed by atoms with Gasteiger partial charge in [0.1, 0.15) is 0 Å². The second-order valence-corrected chi connectivity index (χ2v) is 4.61. The Labute approximate surface area is 67.3 Å². The van der Waals surface area contributed by atoms with Crippen molar-refractivity contribution in [3.8, 4) is 0 Å². The van der Waals surface area contributed by atoms with E-state index in [2.05, 4.69) is 4.72 Å². The van der Waals surface area contributed by atoms with Gasteiger partial charge in [-0.2, -0.15) is 8.42 Å². The van der Waals surface area contributed by atoms with Gasteiger partial charge in [0.05, 0.1) is 0 Å². The Kier molecular flexibility index (Phi) is 3.43. The molecule has 0 aromatic rings. The van der Waals surface area contributed by atoms with Crippen molar-refractivity contribution in [1.29, 1.82) is 0 Å². The molecule has 0 aromatic carbocycles. The molecule has 0 aliphatic heterocycles. The summed E-state index contributed by atoms with van der Waals surface area (Å²) in [6, 6.07) is 0. The third-order valence-corrected chi connectivity index (χ3v) is 1.85. The summed E-state index contributed by atoms with van der Waals surface area (Å²) < 4.78 is 23.0. The first-order chi connectivity index (χ1) is 4.77. The SMILES string of the molecule is CC(C)(CN)CNS(N)(=O)=O. The molecule has 0 saturated heterocycles. The van der Waals surface area contributed by atoms with Crippen LogP contribution in [0.2, 0.25) is 0 Å². The highest BCUT2D eigenvalue weighted by atomic mass is 32.2. The zero-order valence-corrected chi connectivity index (χ0v) is 7.61. The molecule has 0 spiro atoms. The highest BCUT2D eigenvalue weighted by molar-refractivity contribution is 7.87. The molecule has 11 heavy (non-hydrogen) atoms. The molecule has 6 heteroatoms. The van der Waals surface area contributed by atoms with E-state index in [1.165, 1.54) is 0 Å². The van der Waals surface area contributed by atoms with Gasteiger partial charge in [-0.1, -0.05) is 13.8 Å². The van der Waals surface area contributed by atoms with E-state index < -0.39 is 10.2 Å². The fourth-order valence-electron chi connectivity index (χ4n) is 0.368. The van der Waals surface area contributed by atoms with E-state index in [4.69, 9.17) is 10.9 Å². The largest absolute Gasteiger partial charge is 0.330 e. The van der Waals surface area contributed by atoms with Gasteiger partial charge in [0.2, 0.25) is 0 Å². The average Bonchev–Trinajstić information content (AvgIpc) is 1.83. The van der Waals surface area contributed by atoms with Crippen LogP contribution in [0.25, 0.3) is 0 Å². The van der Waals surface area contributed by atoms with Crippen LogP contribution in [-0.2, 0) is 10.2 Å². The minimum atomic E-state index is -3.57. The summed E-state index contributed by atoms with van der Waals surface area (Å²) in [5, 5.41) is 4.72. The van der Waals surface area contributed by atoms with Crippen LogP contribution < -0.4 is 15.6 Å². The van der Waals surface area contributed by atoms with Gasteiger partial charge in [-0.25, -0.2) is 9.86 Å². The quantitative estimate of drug-likeness (QED) is 0.506. The highest BCUT2D eigenvalue weighted by Gasteiger charge is 2.17. The molecule has 0 aromatic heterocycles. The summed E-state index contributed by atoms with van der Waals surface area (Å²) in [6.07, 6.45) is 0. The van der Waals surface area contributed by atoms with E-state index in [0.717, 1.165) is 0 Å². The third kappa shape index (κ3) is 6.24. The maximum Gasteiger partial charge on any atom is 0.274 e. The smallest absolute Gasteiger partial charge is 0.274 e.